The molecule has 2 nitrogen and oxygen atoms in total. The molecule has 0 aromatic heterocycles. The minimum atomic E-state index is -0.208. The molecule has 0 saturated carbocycles. The Morgan fingerprint density at radius 3 is 2.57 bits per heavy atom. The van der Waals surface area contributed by atoms with Gasteiger partial charge in [0.2, 0.25) is 0 Å². The van der Waals surface area contributed by atoms with Crippen LogP contribution in [0.5, 0.6) is 0 Å². The molecule has 0 spiro atoms. The van der Waals surface area contributed by atoms with Crippen molar-refractivity contribution in [2.75, 3.05) is 6.61 Å². The lowest BCUT2D eigenvalue weighted by atomic mass is 10.2. The van der Waals surface area contributed by atoms with Crippen LogP contribution in [0.2, 0.25) is 0 Å². The number of rotatable bonds is 0. The van der Waals surface area contributed by atoms with Crippen molar-refractivity contribution in [3.8, 4) is 0 Å². The van der Waals surface area contributed by atoms with Gasteiger partial charge in [-0.05, 0) is 13.3 Å². The summed E-state index contributed by atoms with van der Waals surface area (Å²) < 4.78 is 5.02. The lowest BCUT2D eigenvalue weighted by Crippen LogP contribution is -2.15. The van der Waals surface area contributed by atoms with E-state index in [0.29, 0.717) is 0 Å². The maximum Gasteiger partial charge on any atom is 0.0821 e. The molecule has 0 bridgehead atoms. The van der Waals surface area contributed by atoms with Gasteiger partial charge in [0.25, 0.3) is 0 Å². The third kappa shape index (κ3) is 0.924. The third-order valence-corrected chi connectivity index (χ3v) is 1.34. The van der Waals surface area contributed by atoms with Crippen molar-refractivity contribution in [3.63, 3.8) is 0 Å². The van der Waals surface area contributed by atoms with E-state index >= 15 is 0 Å². The van der Waals surface area contributed by atoms with Crippen LogP contribution in [0.1, 0.15) is 13.3 Å². The van der Waals surface area contributed by atoms with Gasteiger partial charge in [0.1, 0.15) is 0 Å². The minimum Gasteiger partial charge on any atom is -0.390 e. The first kappa shape index (κ1) is 5.06. The van der Waals surface area contributed by atoms with E-state index in [9.17, 15) is 0 Å². The van der Waals surface area contributed by atoms with Crippen molar-refractivity contribution >= 4 is 0 Å². The van der Waals surface area contributed by atoms with Crippen LogP contribution in [0.25, 0.3) is 0 Å². The zero-order valence-corrected chi connectivity index (χ0v) is 4.42. The summed E-state index contributed by atoms with van der Waals surface area (Å²) in [5, 5.41) is 8.87. The van der Waals surface area contributed by atoms with E-state index in [4.69, 9.17) is 9.84 Å². The molecule has 1 rings (SSSR count). The monoisotopic (exact) mass is 102 g/mol. The zero-order chi connectivity index (χ0) is 5.28. The standard InChI is InChI=1S/C5H10O2/c1-4-5(6)2-3-7-4/h4-6H,2-3H2,1H3/t4?,5-/m1/s1. The summed E-state index contributed by atoms with van der Waals surface area (Å²) in [7, 11) is 0. The topological polar surface area (TPSA) is 29.5 Å². The summed E-state index contributed by atoms with van der Waals surface area (Å²) in [6.07, 6.45) is 0.668. The molecular weight excluding hydrogens is 92.1 g/mol. The van der Waals surface area contributed by atoms with Gasteiger partial charge in [-0.15, -0.1) is 0 Å². The molecule has 1 aliphatic rings. The summed E-state index contributed by atoms with van der Waals surface area (Å²) >= 11 is 0. The van der Waals surface area contributed by atoms with E-state index in [-0.39, 0.29) is 12.2 Å². The first-order chi connectivity index (χ1) is 3.30. The van der Waals surface area contributed by atoms with Gasteiger partial charge in [-0.2, -0.15) is 0 Å². The van der Waals surface area contributed by atoms with Crippen molar-refractivity contribution in [2.45, 2.75) is 25.6 Å². The van der Waals surface area contributed by atoms with Crippen molar-refractivity contribution in [1.82, 2.24) is 0 Å². The summed E-state index contributed by atoms with van der Waals surface area (Å²) in [5.41, 5.74) is 0. The fraction of sp³-hybridized carbons (Fsp3) is 1.00. The average Bonchev–Trinajstić information content (AvgIpc) is 1.91. The SMILES string of the molecule is CC1OCC[C@H]1O. The Labute approximate surface area is 43.1 Å². The normalized spacial score (nSPS) is 42.0. The maximum absolute atomic E-state index is 8.87. The van der Waals surface area contributed by atoms with Gasteiger partial charge >= 0.3 is 0 Å². The Balaban J connectivity index is 2.33. The first-order valence-electron chi connectivity index (χ1n) is 2.60. The van der Waals surface area contributed by atoms with E-state index in [0.717, 1.165) is 13.0 Å². The molecule has 0 aromatic carbocycles. The molecule has 1 saturated heterocycles. The van der Waals surface area contributed by atoms with Crippen molar-refractivity contribution in [1.29, 1.82) is 0 Å². The molecule has 1 heterocycles. The molecular formula is C5H10O2. The molecule has 1 N–H and O–H groups in total. The Hall–Kier alpha value is -0.0800. The highest BCUT2D eigenvalue weighted by Crippen LogP contribution is 2.10. The van der Waals surface area contributed by atoms with E-state index in [1.54, 1.807) is 0 Å². The number of hydrogen-bond acceptors (Lipinski definition) is 2. The fourth-order valence-electron chi connectivity index (χ4n) is 0.720. The Morgan fingerprint density at radius 2 is 2.43 bits per heavy atom. The number of ether oxygens (including phenoxy) is 1. The zero-order valence-electron chi connectivity index (χ0n) is 4.42. The van der Waals surface area contributed by atoms with Gasteiger partial charge in [0.05, 0.1) is 12.2 Å². The van der Waals surface area contributed by atoms with Gasteiger partial charge in [-0.1, -0.05) is 0 Å². The summed E-state index contributed by atoms with van der Waals surface area (Å²) in [6.45, 7) is 2.61. The van der Waals surface area contributed by atoms with Crippen LogP contribution in [0.4, 0.5) is 0 Å². The van der Waals surface area contributed by atoms with Crippen LogP contribution in [-0.4, -0.2) is 23.9 Å². The lowest BCUT2D eigenvalue weighted by molar-refractivity contribution is 0.0556. The third-order valence-electron chi connectivity index (χ3n) is 1.34. The second-order valence-electron chi connectivity index (χ2n) is 1.93. The lowest BCUT2D eigenvalue weighted by Gasteiger charge is -2.03. The van der Waals surface area contributed by atoms with E-state index in [1.807, 2.05) is 6.92 Å². The van der Waals surface area contributed by atoms with E-state index < -0.39 is 0 Å². The second-order valence-corrected chi connectivity index (χ2v) is 1.93. The smallest absolute Gasteiger partial charge is 0.0821 e. The van der Waals surface area contributed by atoms with Crippen LogP contribution in [0.3, 0.4) is 0 Å². The van der Waals surface area contributed by atoms with Crippen molar-refractivity contribution in [3.05, 3.63) is 0 Å². The predicted molar refractivity (Wildman–Crippen MR) is 26.0 cm³/mol. The quantitative estimate of drug-likeness (QED) is 0.472. The van der Waals surface area contributed by atoms with Crippen molar-refractivity contribution < 1.29 is 9.84 Å². The summed E-state index contributed by atoms with van der Waals surface area (Å²) in [6, 6.07) is 0. The highest BCUT2D eigenvalue weighted by molar-refractivity contribution is 4.69. The van der Waals surface area contributed by atoms with E-state index in [2.05, 4.69) is 0 Å². The molecule has 0 aromatic rings. The molecule has 0 radical (unpaired) electrons. The summed E-state index contributed by atoms with van der Waals surface area (Å²) in [4.78, 5) is 0. The molecule has 0 aliphatic carbocycles. The predicted octanol–water partition coefficient (Wildman–Crippen LogP) is 0.156. The molecule has 2 atom stereocenters. The van der Waals surface area contributed by atoms with Crippen LogP contribution in [0, 0.1) is 0 Å². The maximum atomic E-state index is 8.87. The highest BCUT2D eigenvalue weighted by Gasteiger charge is 2.20. The molecule has 0 amide bonds. The number of aliphatic hydroxyl groups excluding tert-OH is 1. The molecule has 42 valence electrons. The fourth-order valence-corrected chi connectivity index (χ4v) is 0.720. The van der Waals surface area contributed by atoms with Crippen molar-refractivity contribution in [2.24, 2.45) is 0 Å². The molecule has 1 fully saturated rings. The average molecular weight is 102 g/mol. The van der Waals surface area contributed by atoms with Gasteiger partial charge in [-0.25, -0.2) is 0 Å². The molecule has 1 unspecified atom stereocenters. The molecule has 2 heteroatoms. The Bertz CT molecular complexity index is 55.1. The Kier molecular flexibility index (Phi) is 1.30. The van der Waals surface area contributed by atoms with Gasteiger partial charge < -0.3 is 9.84 Å². The van der Waals surface area contributed by atoms with Crippen LogP contribution in [-0.2, 0) is 4.74 Å². The van der Waals surface area contributed by atoms with E-state index in [1.165, 1.54) is 0 Å². The van der Waals surface area contributed by atoms with Crippen LogP contribution >= 0.6 is 0 Å². The number of aliphatic hydroxyl groups is 1. The molecule has 1 aliphatic heterocycles. The summed E-state index contributed by atoms with van der Waals surface area (Å²) in [5.74, 6) is 0. The van der Waals surface area contributed by atoms with Gasteiger partial charge in [-0.3, -0.25) is 0 Å². The van der Waals surface area contributed by atoms with Crippen LogP contribution in [0.15, 0.2) is 0 Å². The largest absolute Gasteiger partial charge is 0.390 e. The highest BCUT2D eigenvalue weighted by atomic mass is 16.5. The first-order valence-corrected chi connectivity index (χ1v) is 2.60. The number of hydrogen-bond donors (Lipinski definition) is 1. The van der Waals surface area contributed by atoms with Crippen LogP contribution < -0.4 is 0 Å². The minimum absolute atomic E-state index is 0.0694. The van der Waals surface area contributed by atoms with Gasteiger partial charge in [0.15, 0.2) is 0 Å². The second kappa shape index (κ2) is 1.80. The molecule has 7 heavy (non-hydrogen) atoms. The van der Waals surface area contributed by atoms with Gasteiger partial charge in [0, 0.05) is 6.61 Å². The Morgan fingerprint density at radius 1 is 1.71 bits per heavy atom.